The van der Waals surface area contributed by atoms with E-state index in [4.69, 9.17) is 14.9 Å². The number of carbonyl (C=O) groups is 2. The number of morpholine rings is 1. The number of carboxylic acids is 2. The van der Waals surface area contributed by atoms with Gasteiger partial charge in [0.1, 0.15) is 0 Å². The van der Waals surface area contributed by atoms with Crippen molar-refractivity contribution in [2.45, 2.75) is 12.5 Å². The van der Waals surface area contributed by atoms with Gasteiger partial charge in [0.2, 0.25) is 0 Å². The molecule has 1 heterocycles. The van der Waals surface area contributed by atoms with Crippen molar-refractivity contribution in [3.8, 4) is 0 Å². The summed E-state index contributed by atoms with van der Waals surface area (Å²) in [6.45, 7) is 1.11. The first kappa shape index (κ1) is 10.9. The lowest BCUT2D eigenvalue weighted by atomic mass is 10.1. The molecule has 1 aliphatic rings. The van der Waals surface area contributed by atoms with E-state index in [1.165, 1.54) is 0 Å². The van der Waals surface area contributed by atoms with E-state index >= 15 is 0 Å². The first-order valence-electron chi connectivity index (χ1n) is 4.35. The zero-order valence-corrected chi connectivity index (χ0v) is 7.68. The fraction of sp³-hybridized carbons (Fsp3) is 0.750. The highest BCUT2D eigenvalue weighted by Crippen LogP contribution is 2.09. The summed E-state index contributed by atoms with van der Waals surface area (Å²) < 4.78 is 5.10. The monoisotopic (exact) mass is 203 g/mol. The van der Waals surface area contributed by atoms with Gasteiger partial charge in [-0.15, -0.1) is 0 Å². The van der Waals surface area contributed by atoms with Gasteiger partial charge in [0.15, 0.2) is 0 Å². The molecule has 0 radical (unpaired) electrons. The van der Waals surface area contributed by atoms with Gasteiger partial charge in [0.05, 0.1) is 26.2 Å². The standard InChI is InChI=1S/C8H13NO5/c10-7(11)3-6-5-14-2-1-9(6)4-8(12)13/h6H,1-5H2,(H,10,11)(H,12,13). The van der Waals surface area contributed by atoms with Gasteiger partial charge in [-0.25, -0.2) is 0 Å². The molecule has 1 saturated heterocycles. The second kappa shape index (κ2) is 4.92. The lowest BCUT2D eigenvalue weighted by Gasteiger charge is -2.33. The zero-order valence-electron chi connectivity index (χ0n) is 7.68. The number of hydrogen-bond donors (Lipinski definition) is 2. The highest BCUT2D eigenvalue weighted by Gasteiger charge is 2.26. The maximum Gasteiger partial charge on any atom is 0.317 e. The van der Waals surface area contributed by atoms with Crippen molar-refractivity contribution in [1.82, 2.24) is 4.90 Å². The molecule has 1 rings (SSSR count). The Morgan fingerprint density at radius 2 is 2.07 bits per heavy atom. The third-order valence-electron chi connectivity index (χ3n) is 2.10. The molecule has 0 aromatic rings. The van der Waals surface area contributed by atoms with Crippen LogP contribution in [0.3, 0.4) is 0 Å². The smallest absolute Gasteiger partial charge is 0.317 e. The zero-order chi connectivity index (χ0) is 10.6. The highest BCUT2D eigenvalue weighted by atomic mass is 16.5. The molecule has 0 spiro atoms. The van der Waals surface area contributed by atoms with Gasteiger partial charge in [-0.3, -0.25) is 14.5 Å². The summed E-state index contributed by atoms with van der Waals surface area (Å²) in [6.07, 6.45) is -0.0761. The van der Waals surface area contributed by atoms with Crippen LogP contribution in [0.4, 0.5) is 0 Å². The summed E-state index contributed by atoms with van der Waals surface area (Å²) in [5.74, 6) is -1.88. The largest absolute Gasteiger partial charge is 0.481 e. The first-order chi connectivity index (χ1) is 6.59. The summed E-state index contributed by atoms with van der Waals surface area (Å²) in [7, 11) is 0. The summed E-state index contributed by atoms with van der Waals surface area (Å²) in [4.78, 5) is 22.6. The van der Waals surface area contributed by atoms with Crippen molar-refractivity contribution in [2.75, 3.05) is 26.3 Å². The summed E-state index contributed by atoms with van der Waals surface area (Å²) in [5, 5.41) is 17.2. The Bertz CT molecular complexity index is 206. The third-order valence-corrected chi connectivity index (χ3v) is 2.10. The minimum absolute atomic E-state index is 0.0761. The lowest BCUT2D eigenvalue weighted by Crippen LogP contribution is -2.48. The molecule has 0 aromatic heterocycles. The Morgan fingerprint density at radius 1 is 1.36 bits per heavy atom. The second-order valence-corrected chi connectivity index (χ2v) is 3.19. The van der Waals surface area contributed by atoms with E-state index in [9.17, 15) is 9.59 Å². The number of aliphatic carboxylic acids is 2. The molecule has 0 amide bonds. The number of ether oxygens (including phenoxy) is 1. The van der Waals surface area contributed by atoms with Gasteiger partial charge in [0, 0.05) is 12.6 Å². The first-order valence-corrected chi connectivity index (χ1v) is 4.35. The molecule has 1 fully saturated rings. The molecule has 6 heteroatoms. The van der Waals surface area contributed by atoms with Crippen LogP contribution in [0.2, 0.25) is 0 Å². The molecule has 0 saturated carbocycles. The van der Waals surface area contributed by atoms with Crippen LogP contribution in [0, 0.1) is 0 Å². The van der Waals surface area contributed by atoms with Crippen molar-refractivity contribution in [1.29, 1.82) is 0 Å². The van der Waals surface area contributed by atoms with Crippen LogP contribution in [0.15, 0.2) is 0 Å². The SMILES string of the molecule is O=C(O)CC1COCCN1CC(=O)O. The summed E-state index contributed by atoms with van der Waals surface area (Å²) in [6, 6.07) is -0.322. The van der Waals surface area contributed by atoms with Crippen molar-refractivity contribution in [2.24, 2.45) is 0 Å². The predicted octanol–water partition coefficient (Wildman–Crippen LogP) is -0.753. The third kappa shape index (κ3) is 3.31. The van der Waals surface area contributed by atoms with Gasteiger partial charge in [0.25, 0.3) is 0 Å². The lowest BCUT2D eigenvalue weighted by molar-refractivity contribution is -0.145. The van der Waals surface area contributed by atoms with Crippen LogP contribution in [-0.2, 0) is 14.3 Å². The Kier molecular flexibility index (Phi) is 3.84. The number of rotatable bonds is 4. The van der Waals surface area contributed by atoms with Crippen molar-refractivity contribution in [3.63, 3.8) is 0 Å². The van der Waals surface area contributed by atoms with Crippen LogP contribution in [0.1, 0.15) is 6.42 Å². The van der Waals surface area contributed by atoms with Gasteiger partial charge < -0.3 is 14.9 Å². The minimum atomic E-state index is -0.942. The number of hydrogen-bond acceptors (Lipinski definition) is 4. The molecule has 0 bridgehead atoms. The van der Waals surface area contributed by atoms with Gasteiger partial charge >= 0.3 is 11.9 Å². The number of carboxylic acid groups (broad SMARTS) is 2. The van der Waals surface area contributed by atoms with Gasteiger partial charge in [-0.1, -0.05) is 0 Å². The summed E-state index contributed by atoms with van der Waals surface area (Å²) in [5.41, 5.74) is 0. The van der Waals surface area contributed by atoms with E-state index in [1.54, 1.807) is 4.90 Å². The molecule has 1 aliphatic heterocycles. The van der Waals surface area contributed by atoms with Crippen LogP contribution in [-0.4, -0.2) is 59.4 Å². The molecule has 1 atom stereocenters. The average Bonchev–Trinajstić information content (AvgIpc) is 2.06. The van der Waals surface area contributed by atoms with Gasteiger partial charge in [-0.05, 0) is 0 Å². The average molecular weight is 203 g/mol. The van der Waals surface area contributed by atoms with Crippen molar-refractivity contribution in [3.05, 3.63) is 0 Å². The van der Waals surface area contributed by atoms with E-state index in [-0.39, 0.29) is 19.0 Å². The molecule has 80 valence electrons. The molecule has 14 heavy (non-hydrogen) atoms. The second-order valence-electron chi connectivity index (χ2n) is 3.19. The van der Waals surface area contributed by atoms with E-state index < -0.39 is 11.9 Å². The maximum absolute atomic E-state index is 10.5. The molecule has 0 aliphatic carbocycles. The van der Waals surface area contributed by atoms with Crippen LogP contribution >= 0.6 is 0 Å². The number of nitrogens with zero attached hydrogens (tertiary/aromatic N) is 1. The van der Waals surface area contributed by atoms with Crippen LogP contribution in [0.25, 0.3) is 0 Å². The maximum atomic E-state index is 10.5. The molecular weight excluding hydrogens is 190 g/mol. The molecular formula is C8H13NO5. The highest BCUT2D eigenvalue weighted by molar-refractivity contribution is 5.70. The fourth-order valence-corrected chi connectivity index (χ4v) is 1.46. The Hall–Kier alpha value is -1.14. The molecule has 2 N–H and O–H groups in total. The normalized spacial score (nSPS) is 23.3. The minimum Gasteiger partial charge on any atom is -0.481 e. The van der Waals surface area contributed by atoms with E-state index in [0.717, 1.165) is 0 Å². The van der Waals surface area contributed by atoms with Crippen LogP contribution in [0.5, 0.6) is 0 Å². The topological polar surface area (TPSA) is 87.1 Å². The molecule has 0 aromatic carbocycles. The fourth-order valence-electron chi connectivity index (χ4n) is 1.46. The summed E-state index contributed by atoms with van der Waals surface area (Å²) >= 11 is 0. The van der Waals surface area contributed by atoms with Crippen molar-refractivity contribution >= 4 is 11.9 Å². The van der Waals surface area contributed by atoms with Crippen LogP contribution < -0.4 is 0 Å². The quantitative estimate of drug-likeness (QED) is 0.625. The molecule has 6 nitrogen and oxygen atoms in total. The van der Waals surface area contributed by atoms with E-state index in [2.05, 4.69) is 0 Å². The predicted molar refractivity (Wildman–Crippen MR) is 46.1 cm³/mol. The van der Waals surface area contributed by atoms with E-state index in [0.29, 0.717) is 19.8 Å². The Morgan fingerprint density at radius 3 is 2.64 bits per heavy atom. The Labute approximate surface area is 81.1 Å². The molecule has 1 unspecified atom stereocenters. The van der Waals surface area contributed by atoms with Gasteiger partial charge in [-0.2, -0.15) is 0 Å². The Balaban J connectivity index is 2.49. The van der Waals surface area contributed by atoms with Crippen molar-refractivity contribution < 1.29 is 24.5 Å². The van der Waals surface area contributed by atoms with E-state index in [1.807, 2.05) is 0 Å².